The fraction of sp³-hybridized carbons (Fsp3) is 0.308. The van der Waals surface area contributed by atoms with E-state index in [-0.39, 0.29) is 11.6 Å². The minimum absolute atomic E-state index is 0.263. The number of hydrogen-bond acceptors (Lipinski definition) is 6. The topological polar surface area (TPSA) is 83.9 Å². The highest BCUT2D eigenvalue weighted by Crippen LogP contribution is 2.16. The Bertz CT molecular complexity index is 580. The fourth-order valence-corrected chi connectivity index (χ4v) is 2.11. The van der Waals surface area contributed by atoms with Gasteiger partial charge in [-0.1, -0.05) is 0 Å². The van der Waals surface area contributed by atoms with Crippen molar-refractivity contribution < 1.29 is 4.79 Å². The van der Waals surface area contributed by atoms with Crippen LogP contribution in [0.15, 0.2) is 30.7 Å². The highest BCUT2D eigenvalue weighted by atomic mass is 16.2. The summed E-state index contributed by atoms with van der Waals surface area (Å²) in [6.45, 7) is 2.00. The van der Waals surface area contributed by atoms with Crippen molar-refractivity contribution in [1.82, 2.24) is 20.2 Å². The van der Waals surface area contributed by atoms with Gasteiger partial charge in [-0.25, -0.2) is 4.98 Å². The average molecular weight is 270 g/mol. The summed E-state index contributed by atoms with van der Waals surface area (Å²) in [5.74, 6) is 0.868. The van der Waals surface area contributed by atoms with Crippen LogP contribution in [0.4, 0.5) is 11.6 Å². The standard InChI is InChI=1S/C13H14N6O/c20-13(16-11-9-14-5-6-15-11)10-3-4-12(18-17-10)19-7-1-2-8-19/h3-6,9H,1-2,7-8H2,(H,15,16,20). The maximum absolute atomic E-state index is 12.0. The molecule has 1 aliphatic rings. The van der Waals surface area contributed by atoms with Gasteiger partial charge in [-0.15, -0.1) is 10.2 Å². The molecule has 0 aromatic carbocycles. The molecule has 1 saturated heterocycles. The molecule has 0 bridgehead atoms. The van der Waals surface area contributed by atoms with E-state index in [0.717, 1.165) is 18.9 Å². The van der Waals surface area contributed by atoms with E-state index in [1.807, 2.05) is 6.07 Å². The number of aromatic nitrogens is 4. The van der Waals surface area contributed by atoms with Gasteiger partial charge >= 0.3 is 0 Å². The van der Waals surface area contributed by atoms with Gasteiger partial charge in [0.15, 0.2) is 17.3 Å². The number of nitrogens with one attached hydrogen (secondary N) is 1. The van der Waals surface area contributed by atoms with Crippen LogP contribution in [0.2, 0.25) is 0 Å². The van der Waals surface area contributed by atoms with Crippen molar-refractivity contribution in [3.63, 3.8) is 0 Å². The first kappa shape index (κ1) is 12.5. The van der Waals surface area contributed by atoms with E-state index in [1.165, 1.54) is 25.2 Å². The van der Waals surface area contributed by atoms with Gasteiger partial charge in [0, 0.05) is 25.5 Å². The lowest BCUT2D eigenvalue weighted by Crippen LogP contribution is -2.21. The Morgan fingerprint density at radius 3 is 2.65 bits per heavy atom. The zero-order valence-corrected chi connectivity index (χ0v) is 10.9. The first-order valence-electron chi connectivity index (χ1n) is 6.49. The molecule has 0 unspecified atom stereocenters. The molecule has 0 saturated carbocycles. The molecule has 2 aromatic rings. The van der Waals surface area contributed by atoms with Gasteiger partial charge in [0.1, 0.15) is 0 Å². The van der Waals surface area contributed by atoms with Gasteiger partial charge in [-0.2, -0.15) is 0 Å². The van der Waals surface area contributed by atoms with Crippen molar-refractivity contribution in [2.24, 2.45) is 0 Å². The molecule has 1 aliphatic heterocycles. The molecule has 3 rings (SSSR count). The molecule has 0 spiro atoms. The summed E-state index contributed by atoms with van der Waals surface area (Å²) in [5.41, 5.74) is 0.263. The summed E-state index contributed by atoms with van der Waals surface area (Å²) in [5, 5.41) is 10.7. The van der Waals surface area contributed by atoms with Crippen LogP contribution < -0.4 is 10.2 Å². The van der Waals surface area contributed by atoms with E-state index < -0.39 is 0 Å². The van der Waals surface area contributed by atoms with Crippen LogP contribution in [-0.4, -0.2) is 39.2 Å². The highest BCUT2D eigenvalue weighted by molar-refractivity contribution is 6.02. The first-order chi connectivity index (χ1) is 9.83. The van der Waals surface area contributed by atoms with Crippen molar-refractivity contribution in [2.45, 2.75) is 12.8 Å². The predicted molar refractivity (Wildman–Crippen MR) is 73.5 cm³/mol. The highest BCUT2D eigenvalue weighted by Gasteiger charge is 2.15. The maximum atomic E-state index is 12.0. The molecule has 102 valence electrons. The first-order valence-corrected chi connectivity index (χ1v) is 6.49. The maximum Gasteiger partial charge on any atom is 0.277 e. The van der Waals surface area contributed by atoms with Gasteiger partial charge in [0.05, 0.1) is 6.20 Å². The van der Waals surface area contributed by atoms with Gasteiger partial charge in [-0.05, 0) is 25.0 Å². The molecular weight excluding hydrogens is 256 g/mol. The van der Waals surface area contributed by atoms with Crippen LogP contribution in [-0.2, 0) is 0 Å². The summed E-state index contributed by atoms with van der Waals surface area (Å²) in [7, 11) is 0. The number of carbonyl (C=O) groups excluding carboxylic acids is 1. The summed E-state index contributed by atoms with van der Waals surface area (Å²) < 4.78 is 0. The van der Waals surface area contributed by atoms with Crippen molar-refractivity contribution in [2.75, 3.05) is 23.3 Å². The van der Waals surface area contributed by atoms with E-state index >= 15 is 0 Å². The third-order valence-corrected chi connectivity index (χ3v) is 3.12. The van der Waals surface area contributed by atoms with Crippen LogP contribution in [0.3, 0.4) is 0 Å². The lowest BCUT2D eigenvalue weighted by molar-refractivity contribution is 0.102. The predicted octanol–water partition coefficient (Wildman–Crippen LogP) is 1.12. The third kappa shape index (κ3) is 2.71. The second-order valence-corrected chi connectivity index (χ2v) is 4.52. The molecule has 2 aromatic heterocycles. The quantitative estimate of drug-likeness (QED) is 0.899. The molecule has 1 amide bonds. The minimum Gasteiger partial charge on any atom is -0.355 e. The molecule has 20 heavy (non-hydrogen) atoms. The SMILES string of the molecule is O=C(Nc1cnccn1)c1ccc(N2CCCC2)nn1. The second kappa shape index (κ2) is 5.60. The molecule has 7 nitrogen and oxygen atoms in total. The Kier molecular flexibility index (Phi) is 3.49. The van der Waals surface area contributed by atoms with E-state index in [0.29, 0.717) is 5.82 Å². The average Bonchev–Trinajstić information content (AvgIpc) is 3.03. The van der Waals surface area contributed by atoms with Crippen LogP contribution >= 0.6 is 0 Å². The van der Waals surface area contributed by atoms with Crippen LogP contribution in [0.5, 0.6) is 0 Å². The zero-order valence-electron chi connectivity index (χ0n) is 10.9. The molecule has 3 heterocycles. The lowest BCUT2D eigenvalue weighted by Gasteiger charge is -2.15. The van der Waals surface area contributed by atoms with Crippen molar-refractivity contribution in [3.8, 4) is 0 Å². The number of hydrogen-bond donors (Lipinski definition) is 1. The number of nitrogens with zero attached hydrogens (tertiary/aromatic N) is 5. The lowest BCUT2D eigenvalue weighted by atomic mass is 10.3. The monoisotopic (exact) mass is 270 g/mol. The number of anilines is 2. The summed E-state index contributed by atoms with van der Waals surface area (Å²) in [6.07, 6.45) is 6.88. The molecule has 0 radical (unpaired) electrons. The number of carbonyl (C=O) groups is 1. The van der Waals surface area contributed by atoms with Crippen molar-refractivity contribution in [3.05, 3.63) is 36.4 Å². The summed E-state index contributed by atoms with van der Waals surface area (Å²) in [6, 6.07) is 3.50. The Balaban J connectivity index is 1.69. The largest absolute Gasteiger partial charge is 0.355 e. The fourth-order valence-electron chi connectivity index (χ4n) is 2.11. The number of rotatable bonds is 3. The Labute approximate surface area is 116 Å². The van der Waals surface area contributed by atoms with E-state index in [2.05, 4.69) is 30.4 Å². The van der Waals surface area contributed by atoms with Gasteiger partial charge < -0.3 is 10.2 Å². The Morgan fingerprint density at radius 1 is 1.15 bits per heavy atom. The molecular formula is C13H14N6O. The molecule has 7 heteroatoms. The smallest absolute Gasteiger partial charge is 0.277 e. The summed E-state index contributed by atoms with van der Waals surface area (Å²) in [4.78, 5) is 22.0. The van der Waals surface area contributed by atoms with E-state index in [4.69, 9.17) is 0 Å². The minimum atomic E-state index is -0.342. The van der Waals surface area contributed by atoms with Gasteiger partial charge in [-0.3, -0.25) is 9.78 Å². The van der Waals surface area contributed by atoms with Gasteiger partial charge in [0.2, 0.25) is 0 Å². The van der Waals surface area contributed by atoms with Crippen molar-refractivity contribution >= 4 is 17.5 Å². The molecule has 1 fully saturated rings. The van der Waals surface area contributed by atoms with E-state index in [1.54, 1.807) is 12.3 Å². The van der Waals surface area contributed by atoms with E-state index in [9.17, 15) is 4.79 Å². The van der Waals surface area contributed by atoms with Gasteiger partial charge in [0.25, 0.3) is 5.91 Å². The zero-order chi connectivity index (χ0) is 13.8. The third-order valence-electron chi connectivity index (χ3n) is 3.12. The van der Waals surface area contributed by atoms with Crippen LogP contribution in [0.25, 0.3) is 0 Å². The van der Waals surface area contributed by atoms with Crippen LogP contribution in [0.1, 0.15) is 23.3 Å². The molecule has 0 aliphatic carbocycles. The second-order valence-electron chi connectivity index (χ2n) is 4.52. The Hall–Kier alpha value is -2.57. The normalized spacial score (nSPS) is 14.3. The Morgan fingerprint density at radius 2 is 2.00 bits per heavy atom. The molecule has 1 N–H and O–H groups in total. The number of amides is 1. The van der Waals surface area contributed by atoms with Crippen molar-refractivity contribution in [1.29, 1.82) is 0 Å². The van der Waals surface area contributed by atoms with Crippen LogP contribution in [0, 0.1) is 0 Å². The molecule has 0 atom stereocenters. The summed E-state index contributed by atoms with van der Waals surface area (Å²) >= 11 is 0.